The zero-order chi connectivity index (χ0) is 23.9. The summed E-state index contributed by atoms with van der Waals surface area (Å²) in [5.41, 5.74) is 0.534. The summed E-state index contributed by atoms with van der Waals surface area (Å²) in [5, 5.41) is 11.8. The van der Waals surface area contributed by atoms with E-state index < -0.39 is 24.1 Å². The first kappa shape index (κ1) is 28.0. The Morgan fingerprint density at radius 3 is 2.15 bits per heavy atom. The van der Waals surface area contributed by atoms with E-state index in [1.54, 1.807) is 18.3 Å². The smallest absolute Gasteiger partial charge is 0.224 e. The Balaban J connectivity index is 2.22. The third kappa shape index (κ3) is 8.48. The lowest BCUT2D eigenvalue weighted by molar-refractivity contribution is -0.250. The lowest BCUT2D eigenvalue weighted by Gasteiger charge is -2.30. The van der Waals surface area contributed by atoms with Gasteiger partial charge in [-0.2, -0.15) is 0 Å². The molecule has 1 aliphatic rings. The molecule has 2 unspecified atom stereocenters. The Kier molecular flexibility index (Phi) is 13.2. The third-order valence-corrected chi connectivity index (χ3v) is 5.81. The molecule has 1 aromatic heterocycles. The number of rotatable bonds is 18. The molecule has 0 saturated carbocycles. The van der Waals surface area contributed by atoms with E-state index in [-0.39, 0.29) is 0 Å². The molecule has 1 aliphatic heterocycles. The fourth-order valence-electron chi connectivity index (χ4n) is 3.71. The van der Waals surface area contributed by atoms with Crippen molar-refractivity contribution in [1.82, 2.24) is 4.98 Å². The number of aliphatic hydroxyl groups is 1. The van der Waals surface area contributed by atoms with Crippen LogP contribution in [0.1, 0.15) is 84.6 Å². The van der Waals surface area contributed by atoms with E-state index >= 15 is 0 Å². The molecule has 0 radical (unpaired) electrons. The van der Waals surface area contributed by atoms with Gasteiger partial charge in [-0.15, -0.1) is 0 Å². The second-order valence-electron chi connectivity index (χ2n) is 8.70. The molecule has 190 valence electrons. The molecule has 1 saturated heterocycles. The van der Waals surface area contributed by atoms with Crippen LogP contribution < -0.4 is 4.74 Å². The lowest BCUT2D eigenvalue weighted by atomic mass is 9.98. The maximum Gasteiger partial charge on any atom is 0.224 e. The minimum absolute atomic E-state index is 0.346. The van der Waals surface area contributed by atoms with Gasteiger partial charge in [-0.25, -0.2) is 4.98 Å². The number of pyridine rings is 1. The highest BCUT2D eigenvalue weighted by Crippen LogP contribution is 2.41. The molecule has 0 amide bonds. The van der Waals surface area contributed by atoms with Crippen molar-refractivity contribution in [3.63, 3.8) is 0 Å². The summed E-state index contributed by atoms with van der Waals surface area (Å²) in [5.74, 6) is -1.13. The van der Waals surface area contributed by atoms with Crippen LogP contribution in [0.4, 0.5) is 0 Å². The van der Waals surface area contributed by atoms with Crippen molar-refractivity contribution in [3.8, 4) is 5.88 Å². The van der Waals surface area contributed by atoms with Gasteiger partial charge in [0.05, 0.1) is 13.2 Å². The van der Waals surface area contributed by atoms with E-state index in [4.69, 9.17) is 23.7 Å². The molecule has 4 atom stereocenters. The minimum atomic E-state index is -1.67. The molecule has 1 fully saturated rings. The molecular weight excluding hydrogens is 422 g/mol. The van der Waals surface area contributed by atoms with Crippen LogP contribution in [0.5, 0.6) is 5.88 Å². The maximum atomic E-state index is 11.8. The van der Waals surface area contributed by atoms with Crippen molar-refractivity contribution in [2.75, 3.05) is 33.0 Å². The summed E-state index contributed by atoms with van der Waals surface area (Å²) in [7, 11) is 0. The van der Waals surface area contributed by atoms with Gasteiger partial charge in [-0.3, -0.25) is 0 Å². The average molecular weight is 468 g/mol. The predicted octanol–water partition coefficient (Wildman–Crippen LogP) is 4.99. The molecule has 1 aromatic rings. The summed E-state index contributed by atoms with van der Waals surface area (Å²) in [4.78, 5) is 4.39. The van der Waals surface area contributed by atoms with Gasteiger partial charge >= 0.3 is 0 Å². The van der Waals surface area contributed by atoms with Crippen LogP contribution in [0.15, 0.2) is 18.3 Å². The highest BCUT2D eigenvalue weighted by molar-refractivity contribution is 5.25. The fraction of sp³-hybridized carbons (Fsp3) is 0.808. The van der Waals surface area contributed by atoms with Crippen LogP contribution in [0.3, 0.4) is 0 Å². The summed E-state index contributed by atoms with van der Waals surface area (Å²) in [6, 6.07) is 3.57. The summed E-state index contributed by atoms with van der Waals surface area (Å²) in [6.45, 7) is 11.2. The van der Waals surface area contributed by atoms with E-state index in [1.165, 1.54) is 0 Å². The zero-order valence-corrected chi connectivity index (χ0v) is 21.1. The van der Waals surface area contributed by atoms with Crippen LogP contribution >= 0.6 is 0 Å². The van der Waals surface area contributed by atoms with Gasteiger partial charge in [0.15, 0.2) is 0 Å². The van der Waals surface area contributed by atoms with Crippen LogP contribution in [-0.2, 0) is 24.7 Å². The molecule has 0 aliphatic carbocycles. The van der Waals surface area contributed by atoms with Crippen molar-refractivity contribution < 1.29 is 28.8 Å². The van der Waals surface area contributed by atoms with Crippen LogP contribution in [-0.4, -0.2) is 61.4 Å². The van der Waals surface area contributed by atoms with E-state index in [0.717, 1.165) is 51.4 Å². The van der Waals surface area contributed by atoms with Gasteiger partial charge in [0.25, 0.3) is 0 Å². The number of hydrogen-bond acceptors (Lipinski definition) is 7. The Morgan fingerprint density at radius 1 is 0.879 bits per heavy atom. The first-order valence-corrected chi connectivity index (χ1v) is 12.9. The Labute approximate surface area is 200 Å². The highest BCUT2D eigenvalue weighted by Gasteiger charge is 2.57. The first-order valence-electron chi connectivity index (χ1n) is 12.9. The van der Waals surface area contributed by atoms with Crippen molar-refractivity contribution >= 4 is 0 Å². The van der Waals surface area contributed by atoms with E-state index in [2.05, 4.69) is 32.7 Å². The van der Waals surface area contributed by atoms with Crippen molar-refractivity contribution in [3.05, 3.63) is 23.9 Å². The van der Waals surface area contributed by atoms with E-state index in [9.17, 15) is 5.11 Å². The van der Waals surface area contributed by atoms with Gasteiger partial charge < -0.3 is 28.8 Å². The standard InChI is InChI=1S/C26H45NO6/c1-5-9-15-29-20-22-24(31-17-11-7-3)25(32-18-12-8-4)26(28,33-22)21-13-14-23(27-19-21)30-16-10-6-2/h13-14,19,22,24-25,28H,5-12,15-18,20H2,1-4H3/t22-,24+,25?,26?/m1/s1. The molecule has 33 heavy (non-hydrogen) atoms. The minimum Gasteiger partial charge on any atom is -0.478 e. The lowest BCUT2D eigenvalue weighted by Crippen LogP contribution is -2.44. The molecule has 0 aromatic carbocycles. The van der Waals surface area contributed by atoms with Crippen LogP contribution in [0.25, 0.3) is 0 Å². The summed E-state index contributed by atoms with van der Waals surface area (Å²) in [6.07, 6.45) is 8.02. The second-order valence-corrected chi connectivity index (χ2v) is 8.70. The molecular formula is C26H45NO6. The number of ether oxygens (including phenoxy) is 5. The van der Waals surface area contributed by atoms with Crippen molar-refractivity contribution in [2.45, 2.75) is 103 Å². The SMILES string of the molecule is CCCCOC[C@H]1OC(O)(c2ccc(OCCCC)nc2)C(OCCCC)[C@H]1OCCCC. The van der Waals surface area contributed by atoms with E-state index in [0.29, 0.717) is 44.5 Å². The normalized spacial score (nSPS) is 24.9. The average Bonchev–Trinajstić information content (AvgIpc) is 3.09. The van der Waals surface area contributed by atoms with Gasteiger partial charge in [-0.05, 0) is 31.7 Å². The highest BCUT2D eigenvalue weighted by atomic mass is 16.7. The molecule has 7 nitrogen and oxygen atoms in total. The molecule has 1 N–H and O–H groups in total. The number of aromatic nitrogens is 1. The first-order chi connectivity index (χ1) is 16.1. The second kappa shape index (κ2) is 15.6. The molecule has 0 bridgehead atoms. The molecule has 7 heteroatoms. The monoisotopic (exact) mass is 467 g/mol. The quantitative estimate of drug-likeness (QED) is 0.305. The van der Waals surface area contributed by atoms with Gasteiger partial charge in [0.1, 0.15) is 18.3 Å². The fourth-order valence-corrected chi connectivity index (χ4v) is 3.71. The zero-order valence-electron chi connectivity index (χ0n) is 21.1. The molecule has 0 spiro atoms. The topological polar surface area (TPSA) is 79.3 Å². The van der Waals surface area contributed by atoms with E-state index in [1.807, 2.05) is 0 Å². The Morgan fingerprint density at radius 2 is 1.52 bits per heavy atom. The Hall–Kier alpha value is -1.25. The van der Waals surface area contributed by atoms with Crippen molar-refractivity contribution in [2.24, 2.45) is 0 Å². The van der Waals surface area contributed by atoms with Crippen LogP contribution in [0.2, 0.25) is 0 Å². The van der Waals surface area contributed by atoms with Gasteiger partial charge in [0.2, 0.25) is 11.7 Å². The van der Waals surface area contributed by atoms with Gasteiger partial charge in [-0.1, -0.05) is 53.4 Å². The Bertz CT molecular complexity index is 628. The summed E-state index contributed by atoms with van der Waals surface area (Å²) < 4.78 is 30.2. The predicted molar refractivity (Wildman–Crippen MR) is 128 cm³/mol. The largest absolute Gasteiger partial charge is 0.478 e. The maximum absolute atomic E-state index is 11.8. The number of unbranched alkanes of at least 4 members (excludes halogenated alkanes) is 4. The van der Waals surface area contributed by atoms with Crippen LogP contribution in [0, 0.1) is 0 Å². The molecule has 2 heterocycles. The third-order valence-electron chi connectivity index (χ3n) is 5.81. The summed E-state index contributed by atoms with van der Waals surface area (Å²) >= 11 is 0. The molecule has 2 rings (SSSR count). The van der Waals surface area contributed by atoms with Gasteiger partial charge in [0, 0.05) is 37.6 Å². The van der Waals surface area contributed by atoms with Crippen molar-refractivity contribution in [1.29, 1.82) is 0 Å². The number of nitrogens with zero attached hydrogens (tertiary/aromatic N) is 1. The number of hydrogen-bond donors (Lipinski definition) is 1.